The van der Waals surface area contributed by atoms with E-state index in [4.69, 9.17) is 4.74 Å². The number of nitrogens with one attached hydrogen (secondary N) is 1. The summed E-state index contributed by atoms with van der Waals surface area (Å²) < 4.78 is 5.29. The molecular weight excluding hydrogens is 408 g/mol. The number of hydrogen-bond acceptors (Lipinski definition) is 6. The minimum absolute atomic E-state index is 0.0413. The first-order valence-corrected chi connectivity index (χ1v) is 10.7. The fourth-order valence-electron chi connectivity index (χ4n) is 4.47. The van der Waals surface area contributed by atoms with Gasteiger partial charge in [0.25, 0.3) is 5.91 Å². The fraction of sp³-hybridized carbons (Fsp3) is 0.417. The highest BCUT2D eigenvalue weighted by molar-refractivity contribution is 5.86. The van der Waals surface area contributed by atoms with Crippen molar-refractivity contribution >= 4 is 23.5 Å². The Hall–Kier alpha value is -3.42. The van der Waals surface area contributed by atoms with Crippen LogP contribution in [-0.2, 0) is 4.79 Å². The van der Waals surface area contributed by atoms with Gasteiger partial charge in [-0.1, -0.05) is 19.1 Å². The number of fused-ring (bicyclic) bond motifs is 1. The van der Waals surface area contributed by atoms with Gasteiger partial charge in [-0.05, 0) is 74.9 Å². The minimum Gasteiger partial charge on any atom is -0.477 e. The third kappa shape index (κ3) is 4.90. The number of amides is 1. The van der Waals surface area contributed by atoms with Crippen LogP contribution in [0.1, 0.15) is 56.7 Å². The van der Waals surface area contributed by atoms with Crippen molar-refractivity contribution in [1.29, 1.82) is 0 Å². The van der Waals surface area contributed by atoms with Crippen molar-refractivity contribution in [2.45, 2.75) is 52.5 Å². The first-order valence-electron chi connectivity index (χ1n) is 10.7. The summed E-state index contributed by atoms with van der Waals surface area (Å²) in [5.41, 5.74) is 6.89. The van der Waals surface area contributed by atoms with Crippen molar-refractivity contribution in [3.05, 3.63) is 63.2 Å². The number of hydrogen-bond donors (Lipinski definition) is 1. The number of benzene rings is 2. The van der Waals surface area contributed by atoms with Crippen molar-refractivity contribution in [1.82, 2.24) is 5.43 Å². The molecule has 0 bridgehead atoms. The van der Waals surface area contributed by atoms with Crippen molar-refractivity contribution < 1.29 is 14.5 Å². The van der Waals surface area contributed by atoms with Crippen LogP contribution in [-0.4, -0.2) is 35.7 Å². The fourth-order valence-corrected chi connectivity index (χ4v) is 4.47. The topological polar surface area (TPSA) is 97.1 Å². The summed E-state index contributed by atoms with van der Waals surface area (Å²) in [5.74, 6) is -0.0398. The maximum Gasteiger partial charge on any atom is 0.310 e. The molecule has 32 heavy (non-hydrogen) atoms. The van der Waals surface area contributed by atoms with Gasteiger partial charge in [-0.25, -0.2) is 5.43 Å². The van der Waals surface area contributed by atoms with Gasteiger partial charge >= 0.3 is 5.69 Å². The number of carbonyl (C=O) groups is 1. The van der Waals surface area contributed by atoms with E-state index in [0.717, 1.165) is 24.1 Å². The van der Waals surface area contributed by atoms with E-state index in [9.17, 15) is 14.9 Å². The number of para-hydroxylation sites is 2. The third-order valence-electron chi connectivity index (χ3n) is 5.90. The highest BCUT2D eigenvalue weighted by Crippen LogP contribution is 2.44. The standard InChI is InChI=1S/C24H30N4O4/c1-6-27-21-11-16(2)18(12-19(21)17(3)13-24(27,4)5)14-25-26-23(29)15-32-22-10-8-7-9-20(22)28(30)31/h7-12,14,17H,6,13,15H2,1-5H3,(H,26,29)/b25-14-. The molecule has 0 spiro atoms. The Morgan fingerprint density at radius 3 is 2.78 bits per heavy atom. The van der Waals surface area contributed by atoms with Crippen LogP contribution in [0, 0.1) is 17.0 Å². The van der Waals surface area contributed by atoms with Crippen LogP contribution < -0.4 is 15.1 Å². The van der Waals surface area contributed by atoms with Crippen molar-refractivity contribution in [2.75, 3.05) is 18.1 Å². The zero-order chi connectivity index (χ0) is 23.5. The molecule has 1 amide bonds. The van der Waals surface area contributed by atoms with Crippen LogP contribution in [0.2, 0.25) is 0 Å². The maximum atomic E-state index is 12.1. The molecular formula is C24H30N4O4. The van der Waals surface area contributed by atoms with E-state index < -0.39 is 10.8 Å². The van der Waals surface area contributed by atoms with Crippen molar-refractivity contribution in [2.24, 2.45) is 5.10 Å². The van der Waals surface area contributed by atoms with Crippen molar-refractivity contribution in [3.63, 3.8) is 0 Å². The largest absolute Gasteiger partial charge is 0.477 e. The molecule has 8 heteroatoms. The number of ether oxygens (including phenoxy) is 1. The summed E-state index contributed by atoms with van der Waals surface area (Å²) in [6.45, 7) is 11.6. The van der Waals surface area contributed by atoms with Crippen LogP contribution in [0.5, 0.6) is 5.75 Å². The SMILES string of the molecule is CCN1c2cc(C)c(/C=N\NC(=O)COc3ccccc3[N+](=O)[O-])cc2C(C)CC1(C)C. The van der Waals surface area contributed by atoms with E-state index in [1.54, 1.807) is 12.3 Å². The van der Waals surface area contributed by atoms with Gasteiger partial charge in [-0.3, -0.25) is 14.9 Å². The molecule has 8 nitrogen and oxygen atoms in total. The monoisotopic (exact) mass is 438 g/mol. The first kappa shape index (κ1) is 23.2. The molecule has 2 aromatic carbocycles. The Labute approximate surface area is 188 Å². The third-order valence-corrected chi connectivity index (χ3v) is 5.90. The lowest BCUT2D eigenvalue weighted by molar-refractivity contribution is -0.385. The minimum atomic E-state index is -0.550. The van der Waals surface area contributed by atoms with Gasteiger partial charge in [0.05, 0.1) is 11.1 Å². The number of aryl methyl sites for hydroxylation is 1. The number of hydrazone groups is 1. The number of anilines is 1. The average molecular weight is 439 g/mol. The first-order chi connectivity index (χ1) is 15.1. The normalized spacial score (nSPS) is 17.2. The molecule has 0 radical (unpaired) electrons. The molecule has 0 aromatic heterocycles. The van der Waals surface area contributed by atoms with E-state index in [1.807, 2.05) is 6.92 Å². The van der Waals surface area contributed by atoms with Gasteiger partial charge in [-0.15, -0.1) is 0 Å². The van der Waals surface area contributed by atoms with Gasteiger partial charge in [0, 0.05) is 23.8 Å². The summed E-state index contributed by atoms with van der Waals surface area (Å²) in [6, 6.07) is 10.3. The summed E-state index contributed by atoms with van der Waals surface area (Å²) in [7, 11) is 0. The summed E-state index contributed by atoms with van der Waals surface area (Å²) in [5, 5.41) is 15.1. The highest BCUT2D eigenvalue weighted by Gasteiger charge is 2.35. The number of rotatable bonds is 7. The summed E-state index contributed by atoms with van der Waals surface area (Å²) in [6.07, 6.45) is 2.69. The number of nitro groups is 1. The van der Waals surface area contributed by atoms with Crippen LogP contribution in [0.4, 0.5) is 11.4 Å². The molecule has 1 N–H and O–H groups in total. The molecule has 1 aliphatic heterocycles. The number of nitro benzene ring substituents is 1. The van der Waals surface area contributed by atoms with E-state index >= 15 is 0 Å². The summed E-state index contributed by atoms with van der Waals surface area (Å²) in [4.78, 5) is 25.0. The second-order valence-electron chi connectivity index (χ2n) is 8.74. The zero-order valence-electron chi connectivity index (χ0n) is 19.2. The van der Waals surface area contributed by atoms with Gasteiger partial charge in [0.2, 0.25) is 0 Å². The second-order valence-corrected chi connectivity index (χ2v) is 8.74. The molecule has 0 aliphatic carbocycles. The number of carbonyl (C=O) groups excluding carboxylic acids is 1. The van der Waals surface area contributed by atoms with Gasteiger partial charge in [0.1, 0.15) is 0 Å². The predicted octanol–water partition coefficient (Wildman–Crippen LogP) is 4.54. The molecule has 1 unspecified atom stereocenters. The molecule has 1 atom stereocenters. The molecule has 0 fully saturated rings. The van der Waals surface area contributed by atoms with Crippen LogP contribution >= 0.6 is 0 Å². The highest BCUT2D eigenvalue weighted by atomic mass is 16.6. The molecule has 170 valence electrons. The van der Waals surface area contributed by atoms with E-state index in [2.05, 4.69) is 55.3 Å². The molecule has 1 aliphatic rings. The second kappa shape index (κ2) is 9.38. The van der Waals surface area contributed by atoms with Crippen LogP contribution in [0.15, 0.2) is 41.5 Å². The predicted molar refractivity (Wildman–Crippen MR) is 126 cm³/mol. The Kier molecular flexibility index (Phi) is 6.81. The van der Waals surface area contributed by atoms with Gasteiger partial charge < -0.3 is 9.64 Å². The number of nitrogens with zero attached hydrogens (tertiary/aromatic N) is 3. The van der Waals surface area contributed by atoms with Gasteiger partial charge in [-0.2, -0.15) is 5.10 Å². The lowest BCUT2D eigenvalue weighted by Gasteiger charge is -2.47. The van der Waals surface area contributed by atoms with Crippen molar-refractivity contribution in [3.8, 4) is 5.75 Å². The van der Waals surface area contributed by atoms with E-state index in [0.29, 0.717) is 5.92 Å². The Balaban J connectivity index is 1.68. The molecule has 1 heterocycles. The molecule has 3 rings (SSSR count). The van der Waals surface area contributed by atoms with Gasteiger partial charge in [0.15, 0.2) is 12.4 Å². The Morgan fingerprint density at radius 2 is 2.09 bits per heavy atom. The summed E-state index contributed by atoms with van der Waals surface area (Å²) >= 11 is 0. The lowest BCUT2D eigenvalue weighted by atomic mass is 9.79. The average Bonchev–Trinajstić information content (AvgIpc) is 2.73. The molecule has 0 saturated carbocycles. The maximum absolute atomic E-state index is 12.1. The Morgan fingerprint density at radius 1 is 1.38 bits per heavy atom. The quantitative estimate of drug-likeness (QED) is 0.389. The zero-order valence-corrected chi connectivity index (χ0v) is 19.2. The smallest absolute Gasteiger partial charge is 0.310 e. The van der Waals surface area contributed by atoms with E-state index in [-0.39, 0.29) is 23.6 Å². The van der Waals surface area contributed by atoms with Crippen LogP contribution in [0.3, 0.4) is 0 Å². The Bertz CT molecular complexity index is 1050. The lowest BCUT2D eigenvalue weighted by Crippen LogP contribution is -2.48. The molecule has 2 aromatic rings. The van der Waals surface area contributed by atoms with Crippen LogP contribution in [0.25, 0.3) is 0 Å². The van der Waals surface area contributed by atoms with E-state index in [1.165, 1.54) is 29.4 Å². The molecule has 0 saturated heterocycles.